The van der Waals surface area contributed by atoms with Crippen LogP contribution in [0.3, 0.4) is 0 Å². The van der Waals surface area contributed by atoms with E-state index in [2.05, 4.69) is 5.32 Å². The summed E-state index contributed by atoms with van der Waals surface area (Å²) in [5, 5.41) is 4.08. The van der Waals surface area contributed by atoms with E-state index in [-0.39, 0.29) is 24.8 Å². The van der Waals surface area contributed by atoms with E-state index >= 15 is 0 Å². The molecular weight excluding hydrogens is 418 g/mol. The van der Waals surface area contributed by atoms with Crippen LogP contribution >= 0.6 is 11.6 Å². The smallest absolute Gasteiger partial charge is 0.329 e. The van der Waals surface area contributed by atoms with Crippen LogP contribution in [0.15, 0.2) is 60.4 Å². The molecule has 8 heteroatoms. The Morgan fingerprint density at radius 1 is 1.13 bits per heavy atom. The van der Waals surface area contributed by atoms with Gasteiger partial charge in [-0.2, -0.15) is 0 Å². The highest BCUT2D eigenvalue weighted by molar-refractivity contribution is 6.30. The average molecular weight is 438 g/mol. The molecule has 0 radical (unpaired) electrons. The molecule has 0 saturated carbocycles. The molecule has 0 atom stereocenters. The number of nitrogens with zero attached hydrogens (tertiary/aromatic N) is 2. The van der Waals surface area contributed by atoms with E-state index in [0.29, 0.717) is 11.6 Å². The molecule has 1 N–H and O–H groups in total. The largest absolute Gasteiger partial charge is 0.465 e. The Morgan fingerprint density at radius 2 is 1.87 bits per heavy atom. The van der Waals surface area contributed by atoms with Gasteiger partial charge in [0.25, 0.3) is 5.91 Å². The van der Waals surface area contributed by atoms with Crippen LogP contribution in [-0.4, -0.2) is 34.0 Å². The Bertz CT molecular complexity index is 1200. The molecule has 1 aromatic heterocycles. The van der Waals surface area contributed by atoms with Crippen LogP contribution in [0.5, 0.6) is 0 Å². The minimum Gasteiger partial charge on any atom is -0.465 e. The zero-order valence-corrected chi connectivity index (χ0v) is 17.6. The number of rotatable bonds is 6. The first-order chi connectivity index (χ1) is 15.0. The van der Waals surface area contributed by atoms with Crippen LogP contribution in [0, 0.1) is 0 Å². The van der Waals surface area contributed by atoms with Gasteiger partial charge in [0.1, 0.15) is 12.2 Å². The number of hydrogen-bond acceptors (Lipinski definition) is 4. The number of halogens is 1. The second-order valence-electron chi connectivity index (χ2n) is 7.04. The van der Waals surface area contributed by atoms with E-state index in [1.54, 1.807) is 48.0 Å². The fourth-order valence-electron chi connectivity index (χ4n) is 3.51. The monoisotopic (exact) mass is 437 g/mol. The number of hydrogen-bond donors (Lipinski definition) is 1. The summed E-state index contributed by atoms with van der Waals surface area (Å²) in [5.74, 6) is -0.760. The van der Waals surface area contributed by atoms with Gasteiger partial charge in [0.2, 0.25) is 0 Å². The summed E-state index contributed by atoms with van der Waals surface area (Å²) in [6, 6.07) is 14.0. The van der Waals surface area contributed by atoms with Crippen molar-refractivity contribution in [1.29, 1.82) is 0 Å². The van der Waals surface area contributed by atoms with E-state index in [9.17, 15) is 14.4 Å². The van der Waals surface area contributed by atoms with E-state index in [4.69, 9.17) is 16.3 Å². The minimum absolute atomic E-state index is 0.0561. The van der Waals surface area contributed by atoms with Crippen molar-refractivity contribution in [2.45, 2.75) is 20.0 Å². The van der Waals surface area contributed by atoms with Gasteiger partial charge in [0.15, 0.2) is 0 Å². The summed E-state index contributed by atoms with van der Waals surface area (Å²) in [5.41, 5.74) is 2.52. The predicted molar refractivity (Wildman–Crippen MR) is 117 cm³/mol. The molecule has 0 bridgehead atoms. The topological polar surface area (TPSA) is 80.6 Å². The van der Waals surface area contributed by atoms with Gasteiger partial charge in [0.05, 0.1) is 13.2 Å². The van der Waals surface area contributed by atoms with E-state index in [0.717, 1.165) is 26.9 Å². The van der Waals surface area contributed by atoms with Crippen molar-refractivity contribution in [2.24, 2.45) is 0 Å². The van der Waals surface area contributed by atoms with Gasteiger partial charge in [0, 0.05) is 27.7 Å². The molecule has 2 heterocycles. The summed E-state index contributed by atoms with van der Waals surface area (Å²) in [7, 11) is 0. The molecule has 3 aromatic rings. The normalized spacial score (nSPS) is 15.0. The lowest BCUT2D eigenvalue weighted by Crippen LogP contribution is -2.30. The molecule has 1 aliphatic rings. The van der Waals surface area contributed by atoms with Crippen LogP contribution in [0.1, 0.15) is 18.1 Å². The predicted octanol–water partition coefficient (Wildman–Crippen LogP) is 3.95. The number of benzene rings is 2. The zero-order valence-electron chi connectivity index (χ0n) is 16.8. The van der Waals surface area contributed by atoms with Crippen LogP contribution in [0.25, 0.3) is 17.0 Å². The molecule has 31 heavy (non-hydrogen) atoms. The third-order valence-electron chi connectivity index (χ3n) is 4.94. The number of carbonyl (C=O) groups excluding carboxylic acids is 3. The average Bonchev–Trinajstić information content (AvgIpc) is 3.22. The van der Waals surface area contributed by atoms with Gasteiger partial charge in [-0.05, 0) is 36.8 Å². The van der Waals surface area contributed by atoms with Crippen molar-refractivity contribution in [3.05, 3.63) is 76.6 Å². The van der Waals surface area contributed by atoms with Crippen LogP contribution in [0.4, 0.5) is 4.79 Å². The van der Waals surface area contributed by atoms with Gasteiger partial charge >= 0.3 is 12.0 Å². The molecule has 3 amide bonds. The van der Waals surface area contributed by atoms with Crippen molar-refractivity contribution < 1.29 is 19.1 Å². The first-order valence-electron chi connectivity index (χ1n) is 9.78. The summed E-state index contributed by atoms with van der Waals surface area (Å²) < 4.78 is 6.82. The molecule has 0 spiro atoms. The van der Waals surface area contributed by atoms with Crippen molar-refractivity contribution >= 4 is 46.5 Å². The highest BCUT2D eigenvalue weighted by Gasteiger charge is 2.33. The zero-order chi connectivity index (χ0) is 22.0. The fraction of sp³-hybridized carbons (Fsp3) is 0.174. The maximum atomic E-state index is 12.9. The first-order valence-corrected chi connectivity index (χ1v) is 10.2. The van der Waals surface area contributed by atoms with Crippen molar-refractivity contribution in [2.75, 3.05) is 6.61 Å². The summed E-state index contributed by atoms with van der Waals surface area (Å²) in [6.07, 6.45) is 3.40. The second-order valence-corrected chi connectivity index (χ2v) is 7.48. The summed E-state index contributed by atoms with van der Waals surface area (Å²) >= 11 is 5.90. The molecule has 7 nitrogen and oxygen atoms in total. The quantitative estimate of drug-likeness (QED) is 0.359. The number of nitrogens with one attached hydrogen (secondary N) is 1. The van der Waals surface area contributed by atoms with E-state index in [1.807, 2.05) is 24.3 Å². The van der Waals surface area contributed by atoms with Gasteiger partial charge in [-0.3, -0.25) is 14.5 Å². The lowest BCUT2D eigenvalue weighted by Gasteiger charge is -2.11. The number of para-hydroxylation sites is 1. The van der Waals surface area contributed by atoms with Gasteiger partial charge in [-0.15, -0.1) is 0 Å². The Labute approximate surface area is 183 Å². The molecule has 158 valence electrons. The number of fused-ring (bicyclic) bond motifs is 1. The number of carbonyl (C=O) groups is 3. The van der Waals surface area contributed by atoms with E-state index < -0.39 is 11.9 Å². The molecular formula is C23H20ClN3O4. The Morgan fingerprint density at radius 3 is 2.61 bits per heavy atom. The third kappa shape index (κ3) is 4.32. The number of aromatic nitrogens is 1. The lowest BCUT2D eigenvalue weighted by atomic mass is 10.1. The Kier molecular flexibility index (Phi) is 5.77. The minimum atomic E-state index is -0.485. The molecule has 4 rings (SSSR count). The fourth-order valence-corrected chi connectivity index (χ4v) is 3.64. The van der Waals surface area contributed by atoms with Crippen molar-refractivity contribution in [3.8, 4) is 0 Å². The van der Waals surface area contributed by atoms with Gasteiger partial charge in [-0.25, -0.2) is 4.79 Å². The summed E-state index contributed by atoms with van der Waals surface area (Å²) in [6.45, 7) is 2.26. The Hall–Kier alpha value is -3.58. The number of ether oxygens (including phenoxy) is 1. The highest BCUT2D eigenvalue weighted by atomic mass is 35.5. The number of amides is 3. The second kappa shape index (κ2) is 8.65. The third-order valence-corrected chi connectivity index (χ3v) is 5.19. The number of imide groups is 1. The molecule has 1 fully saturated rings. The molecule has 2 aromatic carbocycles. The lowest BCUT2D eigenvalue weighted by molar-refractivity contribution is -0.143. The van der Waals surface area contributed by atoms with Crippen LogP contribution in [-0.2, 0) is 27.4 Å². The first kappa shape index (κ1) is 20.7. The number of esters is 1. The van der Waals surface area contributed by atoms with Crippen molar-refractivity contribution in [3.63, 3.8) is 0 Å². The van der Waals surface area contributed by atoms with Gasteiger partial charge in [-0.1, -0.05) is 41.9 Å². The van der Waals surface area contributed by atoms with Crippen molar-refractivity contribution in [1.82, 2.24) is 14.8 Å². The van der Waals surface area contributed by atoms with Crippen LogP contribution < -0.4 is 5.32 Å². The highest BCUT2D eigenvalue weighted by Crippen LogP contribution is 2.25. The maximum Gasteiger partial charge on any atom is 0.329 e. The van der Waals surface area contributed by atoms with E-state index in [1.165, 1.54) is 0 Å². The van der Waals surface area contributed by atoms with Crippen LogP contribution in [0.2, 0.25) is 5.02 Å². The molecule has 1 aliphatic heterocycles. The summed E-state index contributed by atoms with van der Waals surface area (Å²) in [4.78, 5) is 38.4. The maximum absolute atomic E-state index is 12.9. The molecule has 1 saturated heterocycles. The number of urea groups is 1. The molecule has 0 unspecified atom stereocenters. The standard InChI is InChI=1S/C23H20ClN3O4/c1-2-31-21(28)14-26-13-16(18-5-3-4-6-20(18)26)11-19-22(29)27(23(30)25-19)12-15-7-9-17(24)10-8-15/h3-11,13H,2,12,14H2,1H3,(H,25,30)/b19-11+. The van der Waals surface area contributed by atoms with Gasteiger partial charge < -0.3 is 14.6 Å². The molecule has 0 aliphatic carbocycles. The SMILES string of the molecule is CCOC(=O)Cn1cc(/C=C2/NC(=O)N(Cc3ccc(Cl)cc3)C2=O)c2ccccc21. The Balaban J connectivity index is 1.62.